The molecule has 0 bridgehead atoms. The van der Waals surface area contributed by atoms with Gasteiger partial charge in [-0.1, -0.05) is 0 Å². The zero-order valence-electron chi connectivity index (χ0n) is 9.36. The highest BCUT2D eigenvalue weighted by Crippen LogP contribution is 2.41. The molecule has 0 amide bonds. The first-order valence-electron chi connectivity index (χ1n) is 5.62. The first kappa shape index (κ1) is 10.9. The van der Waals surface area contributed by atoms with Crippen LogP contribution in [0.4, 0.5) is 0 Å². The Morgan fingerprint density at radius 2 is 2.19 bits per heavy atom. The molecule has 1 aromatic rings. The molecule has 16 heavy (non-hydrogen) atoms. The molecule has 1 N–H and O–H groups in total. The highest BCUT2D eigenvalue weighted by molar-refractivity contribution is 7.83. The molecule has 1 unspecified atom stereocenters. The number of nitrogens with one attached hydrogen (secondary N) is 1. The van der Waals surface area contributed by atoms with E-state index in [9.17, 15) is 4.21 Å². The third-order valence-corrected chi connectivity index (χ3v) is 5.92. The van der Waals surface area contributed by atoms with Gasteiger partial charge < -0.3 is 4.90 Å². The van der Waals surface area contributed by atoms with E-state index in [4.69, 9.17) is 0 Å². The van der Waals surface area contributed by atoms with Crippen molar-refractivity contribution < 1.29 is 4.21 Å². The monoisotopic (exact) mass is 256 g/mol. The van der Waals surface area contributed by atoms with Crippen LogP contribution in [0.5, 0.6) is 0 Å². The van der Waals surface area contributed by atoms with Crippen LogP contribution in [-0.2, 0) is 16.4 Å². The van der Waals surface area contributed by atoms with E-state index >= 15 is 0 Å². The third-order valence-electron chi connectivity index (χ3n) is 3.88. The fraction of sp³-hybridized carbons (Fsp3) is 0.636. The maximum Gasteiger partial charge on any atom is 0.126 e. The van der Waals surface area contributed by atoms with Crippen LogP contribution in [0.2, 0.25) is 0 Å². The van der Waals surface area contributed by atoms with Gasteiger partial charge in [0.05, 0.1) is 4.90 Å². The number of piperidine rings is 1. The van der Waals surface area contributed by atoms with Crippen molar-refractivity contribution in [2.24, 2.45) is 0 Å². The average Bonchev–Trinajstić information content (AvgIpc) is 2.78. The molecule has 0 radical (unpaired) electrons. The minimum atomic E-state index is -0.974. The van der Waals surface area contributed by atoms with Gasteiger partial charge in [-0.3, -0.25) is 0 Å². The van der Waals surface area contributed by atoms with Crippen LogP contribution in [0.1, 0.15) is 18.4 Å². The molecule has 3 nitrogen and oxygen atoms in total. The Kier molecular flexibility index (Phi) is 2.66. The summed E-state index contributed by atoms with van der Waals surface area (Å²) in [5.41, 5.74) is 1.60. The van der Waals surface area contributed by atoms with Crippen molar-refractivity contribution >= 4 is 22.3 Å². The molecule has 0 aliphatic carbocycles. The van der Waals surface area contributed by atoms with Crippen LogP contribution in [-0.4, -0.2) is 35.8 Å². The van der Waals surface area contributed by atoms with Gasteiger partial charge in [0.1, 0.15) is 11.0 Å². The van der Waals surface area contributed by atoms with Crippen LogP contribution in [0, 0.1) is 0 Å². The number of nitrogens with zero attached hydrogens (tertiary/aromatic N) is 1. The number of likely N-dealkylation sites (tertiary alicyclic amines) is 1. The summed E-state index contributed by atoms with van der Waals surface area (Å²) in [6, 6.07) is 0. The molecular weight excluding hydrogens is 240 g/mol. The summed E-state index contributed by atoms with van der Waals surface area (Å²) in [4.78, 5) is 3.41. The second kappa shape index (κ2) is 3.91. The highest BCUT2D eigenvalue weighted by Gasteiger charge is 2.41. The van der Waals surface area contributed by atoms with E-state index < -0.39 is 11.0 Å². The number of hydrogen-bond acceptors (Lipinski definition) is 3. The Labute approximate surface area is 102 Å². The molecule has 1 spiro atoms. The van der Waals surface area contributed by atoms with Crippen LogP contribution in [0.15, 0.2) is 15.7 Å². The highest BCUT2D eigenvalue weighted by atomic mass is 32.2. The van der Waals surface area contributed by atoms with Gasteiger partial charge in [0.25, 0.3) is 0 Å². The lowest BCUT2D eigenvalue weighted by Gasteiger charge is -2.43. The summed E-state index contributed by atoms with van der Waals surface area (Å²) in [5, 5.41) is 4.25. The van der Waals surface area contributed by atoms with E-state index in [1.54, 1.807) is 11.3 Å². The summed E-state index contributed by atoms with van der Waals surface area (Å²) in [7, 11) is 1.20. The zero-order valence-corrected chi connectivity index (χ0v) is 11.0. The molecule has 0 saturated carbocycles. The molecule has 88 valence electrons. The minimum Gasteiger partial charge on any atom is -0.306 e. The normalized spacial score (nSPS) is 29.2. The fourth-order valence-corrected chi connectivity index (χ4v) is 5.15. The van der Waals surface area contributed by atoms with Crippen LogP contribution < -0.4 is 4.72 Å². The van der Waals surface area contributed by atoms with Gasteiger partial charge in [-0.2, -0.15) is 11.3 Å². The van der Waals surface area contributed by atoms with Gasteiger partial charge in [0.15, 0.2) is 0 Å². The molecule has 1 aromatic heterocycles. The van der Waals surface area contributed by atoms with Crippen LogP contribution in [0.25, 0.3) is 0 Å². The van der Waals surface area contributed by atoms with Gasteiger partial charge in [-0.25, -0.2) is 8.93 Å². The van der Waals surface area contributed by atoms with Crippen molar-refractivity contribution in [3.8, 4) is 0 Å². The summed E-state index contributed by atoms with van der Waals surface area (Å²) in [6.07, 6.45) is 2.36. The van der Waals surface area contributed by atoms with E-state index in [-0.39, 0.29) is 5.41 Å². The standard InChI is InChI=1S/C11H16N2OS2/c1-13-4-2-11(3-5-13)8-12-16(14)10-7-15-6-9(10)11/h6-7,12H,2-5,8H2,1H3. The van der Waals surface area contributed by atoms with Gasteiger partial charge in [0, 0.05) is 17.3 Å². The van der Waals surface area contributed by atoms with Crippen molar-refractivity contribution in [2.75, 3.05) is 26.7 Å². The fourth-order valence-electron chi connectivity index (χ4n) is 2.68. The quantitative estimate of drug-likeness (QED) is 0.760. The van der Waals surface area contributed by atoms with Gasteiger partial charge in [0.2, 0.25) is 0 Å². The Hall–Kier alpha value is -0.230. The molecule has 2 aliphatic heterocycles. The second-order valence-electron chi connectivity index (χ2n) is 4.82. The number of thiophene rings is 1. The third kappa shape index (κ3) is 1.57. The lowest BCUT2D eigenvalue weighted by atomic mass is 9.74. The molecule has 1 fully saturated rings. The lowest BCUT2D eigenvalue weighted by Crippen LogP contribution is -2.50. The second-order valence-corrected chi connectivity index (χ2v) is 6.83. The maximum absolute atomic E-state index is 11.8. The number of hydrogen-bond donors (Lipinski definition) is 1. The zero-order chi connectivity index (χ0) is 11.2. The van der Waals surface area contributed by atoms with Crippen molar-refractivity contribution in [1.82, 2.24) is 9.62 Å². The molecule has 2 aliphatic rings. The first-order valence-corrected chi connectivity index (χ1v) is 7.71. The molecule has 3 heterocycles. The van der Waals surface area contributed by atoms with E-state index in [2.05, 4.69) is 22.0 Å². The summed E-state index contributed by atoms with van der Waals surface area (Å²) < 4.78 is 15.0. The Bertz CT molecular complexity index is 421. The first-order chi connectivity index (χ1) is 7.71. The van der Waals surface area contributed by atoms with E-state index in [0.29, 0.717) is 0 Å². The number of rotatable bonds is 0. The molecular formula is C11H16N2OS2. The van der Waals surface area contributed by atoms with Crippen molar-refractivity contribution in [3.05, 3.63) is 16.3 Å². The molecule has 3 rings (SSSR count). The average molecular weight is 256 g/mol. The van der Waals surface area contributed by atoms with E-state index in [1.165, 1.54) is 18.4 Å². The predicted molar refractivity (Wildman–Crippen MR) is 67.1 cm³/mol. The van der Waals surface area contributed by atoms with Crippen LogP contribution in [0.3, 0.4) is 0 Å². The molecule has 1 atom stereocenters. The van der Waals surface area contributed by atoms with E-state index in [1.807, 2.05) is 5.38 Å². The lowest BCUT2D eigenvalue weighted by molar-refractivity contribution is 0.185. The largest absolute Gasteiger partial charge is 0.306 e. The summed E-state index contributed by atoms with van der Waals surface area (Å²) in [6.45, 7) is 3.16. The Morgan fingerprint density at radius 3 is 2.94 bits per heavy atom. The van der Waals surface area contributed by atoms with Crippen molar-refractivity contribution in [2.45, 2.75) is 23.2 Å². The summed E-state index contributed by atoms with van der Waals surface area (Å²) >= 11 is 1.68. The Morgan fingerprint density at radius 1 is 1.44 bits per heavy atom. The predicted octanol–water partition coefficient (Wildman–Crippen LogP) is 1.34. The Balaban J connectivity index is 1.99. The SMILES string of the molecule is CN1CCC2(CC1)CNS(=O)c1cscc12. The van der Waals surface area contributed by atoms with E-state index in [0.717, 1.165) is 24.5 Å². The molecule has 1 saturated heterocycles. The molecule has 5 heteroatoms. The smallest absolute Gasteiger partial charge is 0.126 e. The van der Waals surface area contributed by atoms with Crippen LogP contribution >= 0.6 is 11.3 Å². The van der Waals surface area contributed by atoms with Gasteiger partial charge in [-0.15, -0.1) is 0 Å². The van der Waals surface area contributed by atoms with Crippen molar-refractivity contribution in [1.29, 1.82) is 0 Å². The van der Waals surface area contributed by atoms with Gasteiger partial charge in [-0.05, 0) is 43.9 Å². The van der Waals surface area contributed by atoms with Crippen molar-refractivity contribution in [3.63, 3.8) is 0 Å². The number of fused-ring (bicyclic) bond motifs is 2. The maximum atomic E-state index is 11.8. The minimum absolute atomic E-state index is 0.246. The van der Waals surface area contributed by atoms with Gasteiger partial charge >= 0.3 is 0 Å². The topological polar surface area (TPSA) is 32.3 Å². The summed E-state index contributed by atoms with van der Waals surface area (Å²) in [5.74, 6) is 0. The molecule has 0 aromatic carbocycles.